The minimum Gasteiger partial charge on any atom is -0.480 e. The van der Waals surface area contributed by atoms with Crippen LogP contribution in [0.25, 0.3) is 0 Å². The maximum atomic E-state index is 13.1. The molecule has 0 aromatic heterocycles. The first-order chi connectivity index (χ1) is 20.5. The molecule has 0 atom stereocenters. The lowest BCUT2D eigenvalue weighted by atomic mass is 10.2. The van der Waals surface area contributed by atoms with Crippen molar-refractivity contribution in [2.75, 3.05) is 85.1 Å². The van der Waals surface area contributed by atoms with Gasteiger partial charge in [-0.05, 0) is 25.7 Å². The SMILES string of the molecule is CCCCN(CCCC)C(=O)CN(CCN(CCN(CC(=O)O)CC(=O)N(CCCC)CCCC)CC(=O)O)CC(=O)O. The zero-order chi connectivity index (χ0) is 32.6. The number of hydrogen-bond acceptors (Lipinski definition) is 8. The fourth-order valence-electron chi connectivity index (χ4n) is 4.54. The Labute approximate surface area is 257 Å². The third-order valence-electron chi connectivity index (χ3n) is 7.09. The maximum absolute atomic E-state index is 13.1. The number of rotatable bonds is 28. The van der Waals surface area contributed by atoms with Gasteiger partial charge in [-0.2, -0.15) is 0 Å². The molecule has 0 aliphatic rings. The van der Waals surface area contributed by atoms with Crippen LogP contribution in [0.4, 0.5) is 0 Å². The van der Waals surface area contributed by atoms with Gasteiger partial charge < -0.3 is 25.1 Å². The van der Waals surface area contributed by atoms with Gasteiger partial charge >= 0.3 is 17.9 Å². The van der Waals surface area contributed by atoms with E-state index in [9.17, 15) is 39.3 Å². The highest BCUT2D eigenvalue weighted by molar-refractivity contribution is 5.80. The summed E-state index contributed by atoms with van der Waals surface area (Å²) in [5.41, 5.74) is 0. The smallest absolute Gasteiger partial charge is 0.317 e. The van der Waals surface area contributed by atoms with Crippen molar-refractivity contribution in [1.82, 2.24) is 24.5 Å². The molecule has 43 heavy (non-hydrogen) atoms. The highest BCUT2D eigenvalue weighted by Crippen LogP contribution is 2.05. The van der Waals surface area contributed by atoms with Crippen molar-refractivity contribution in [2.24, 2.45) is 0 Å². The summed E-state index contributed by atoms with van der Waals surface area (Å²) in [5, 5.41) is 28.4. The molecular formula is C30H57N5O8. The van der Waals surface area contributed by atoms with Crippen molar-refractivity contribution in [1.29, 1.82) is 0 Å². The molecule has 0 bridgehead atoms. The van der Waals surface area contributed by atoms with Gasteiger partial charge in [-0.1, -0.05) is 53.4 Å². The van der Waals surface area contributed by atoms with Crippen LogP contribution in [0.15, 0.2) is 0 Å². The minimum absolute atomic E-state index is 0.0916. The van der Waals surface area contributed by atoms with Crippen molar-refractivity contribution in [3.05, 3.63) is 0 Å². The first-order valence-corrected chi connectivity index (χ1v) is 15.8. The Morgan fingerprint density at radius 1 is 0.395 bits per heavy atom. The molecule has 3 N–H and O–H groups in total. The first-order valence-electron chi connectivity index (χ1n) is 15.8. The molecular weight excluding hydrogens is 558 g/mol. The van der Waals surface area contributed by atoms with E-state index in [0.29, 0.717) is 26.2 Å². The zero-order valence-electron chi connectivity index (χ0n) is 27.0. The van der Waals surface area contributed by atoms with Crippen LogP contribution in [0.3, 0.4) is 0 Å². The number of carboxylic acid groups (broad SMARTS) is 3. The number of hydrogen-bond donors (Lipinski definition) is 3. The van der Waals surface area contributed by atoms with Crippen molar-refractivity contribution >= 4 is 29.7 Å². The predicted octanol–water partition coefficient (Wildman–Crippen LogP) is 2.00. The van der Waals surface area contributed by atoms with E-state index in [2.05, 4.69) is 0 Å². The molecule has 250 valence electrons. The molecule has 0 aliphatic carbocycles. The lowest BCUT2D eigenvalue weighted by Crippen LogP contribution is -2.48. The summed E-state index contributed by atoms with van der Waals surface area (Å²) < 4.78 is 0. The van der Waals surface area contributed by atoms with Crippen molar-refractivity contribution in [3.8, 4) is 0 Å². The van der Waals surface area contributed by atoms with Crippen molar-refractivity contribution in [3.63, 3.8) is 0 Å². The molecule has 0 unspecified atom stereocenters. The first kappa shape index (κ1) is 40.2. The van der Waals surface area contributed by atoms with Gasteiger partial charge in [-0.25, -0.2) is 0 Å². The maximum Gasteiger partial charge on any atom is 0.317 e. The number of nitrogens with zero attached hydrogens (tertiary/aromatic N) is 5. The number of amides is 2. The number of carbonyl (C=O) groups excluding carboxylic acids is 2. The van der Waals surface area contributed by atoms with E-state index in [0.717, 1.165) is 51.4 Å². The van der Waals surface area contributed by atoms with Crippen LogP contribution in [0.2, 0.25) is 0 Å². The van der Waals surface area contributed by atoms with Crippen LogP contribution in [0.5, 0.6) is 0 Å². The van der Waals surface area contributed by atoms with E-state index in [1.807, 2.05) is 27.7 Å². The molecule has 0 aliphatic heterocycles. The zero-order valence-corrected chi connectivity index (χ0v) is 27.0. The fourth-order valence-corrected chi connectivity index (χ4v) is 4.54. The van der Waals surface area contributed by atoms with Crippen LogP contribution >= 0.6 is 0 Å². The molecule has 0 aromatic carbocycles. The molecule has 0 radical (unpaired) electrons. The number of carboxylic acids is 3. The summed E-state index contributed by atoms with van der Waals surface area (Å²) in [4.78, 5) is 69.0. The average Bonchev–Trinajstić information content (AvgIpc) is 2.93. The highest BCUT2D eigenvalue weighted by Gasteiger charge is 2.23. The van der Waals surface area contributed by atoms with E-state index in [4.69, 9.17) is 0 Å². The third-order valence-corrected chi connectivity index (χ3v) is 7.09. The summed E-state index contributed by atoms with van der Waals surface area (Å²) in [6.45, 7) is 9.91. The second kappa shape index (κ2) is 24.6. The Hall–Kier alpha value is -2.77. The van der Waals surface area contributed by atoms with Crippen molar-refractivity contribution in [2.45, 2.75) is 79.1 Å². The summed E-state index contributed by atoms with van der Waals surface area (Å²) >= 11 is 0. The van der Waals surface area contributed by atoms with Gasteiger partial charge in [0.2, 0.25) is 11.8 Å². The molecule has 0 heterocycles. The molecule has 0 spiro atoms. The Bertz CT molecular complexity index is 754. The lowest BCUT2D eigenvalue weighted by molar-refractivity contribution is -0.141. The van der Waals surface area contributed by atoms with E-state index < -0.39 is 17.9 Å². The standard InChI is InChI=1S/C30H57N5O8/c1-5-9-13-34(14-10-6-2)26(36)21-32(24-29(40)41)19-17-31(23-28(38)39)18-20-33(25-30(42)43)22-27(37)35(15-11-7-3)16-12-8-4/h5-25H2,1-4H3,(H,38,39)(H,40,41)(H,42,43). The second-order valence-corrected chi connectivity index (χ2v) is 11.1. The summed E-state index contributed by atoms with van der Waals surface area (Å²) in [6, 6.07) is 0. The van der Waals surface area contributed by atoms with Crippen molar-refractivity contribution < 1.29 is 39.3 Å². The highest BCUT2D eigenvalue weighted by atomic mass is 16.4. The number of carbonyl (C=O) groups is 5. The van der Waals surface area contributed by atoms with Gasteiger partial charge in [0.05, 0.1) is 32.7 Å². The van der Waals surface area contributed by atoms with E-state index in [1.165, 1.54) is 9.80 Å². The average molecular weight is 616 g/mol. The second-order valence-electron chi connectivity index (χ2n) is 11.1. The molecule has 0 saturated carbocycles. The number of aliphatic carboxylic acids is 3. The van der Waals surface area contributed by atoms with Crippen LogP contribution in [0.1, 0.15) is 79.1 Å². The van der Waals surface area contributed by atoms with Gasteiger partial charge in [-0.15, -0.1) is 0 Å². The van der Waals surface area contributed by atoms with Crippen LogP contribution in [-0.4, -0.2) is 155 Å². The Kier molecular flexibility index (Phi) is 23.1. The molecule has 13 heteroatoms. The molecule has 0 aromatic rings. The van der Waals surface area contributed by atoms with Gasteiger partial charge in [0, 0.05) is 52.4 Å². The summed E-state index contributed by atoms with van der Waals surface area (Å²) in [6.07, 6.45) is 7.13. The van der Waals surface area contributed by atoms with Crippen LogP contribution < -0.4 is 0 Å². The molecule has 0 saturated heterocycles. The van der Waals surface area contributed by atoms with Crippen LogP contribution in [-0.2, 0) is 24.0 Å². The monoisotopic (exact) mass is 615 g/mol. The summed E-state index contributed by atoms with van der Waals surface area (Å²) in [7, 11) is 0. The largest absolute Gasteiger partial charge is 0.480 e. The van der Waals surface area contributed by atoms with Gasteiger partial charge in [0.15, 0.2) is 0 Å². The normalized spacial score (nSPS) is 11.3. The predicted molar refractivity (Wildman–Crippen MR) is 165 cm³/mol. The Balaban J connectivity index is 5.50. The quantitative estimate of drug-likeness (QED) is 0.118. The van der Waals surface area contributed by atoms with Gasteiger partial charge in [0.1, 0.15) is 0 Å². The Morgan fingerprint density at radius 3 is 0.907 bits per heavy atom. The molecule has 13 nitrogen and oxygen atoms in total. The van der Waals surface area contributed by atoms with Gasteiger partial charge in [-0.3, -0.25) is 38.7 Å². The van der Waals surface area contributed by atoms with E-state index in [1.54, 1.807) is 14.7 Å². The fraction of sp³-hybridized carbons (Fsp3) is 0.833. The topological polar surface area (TPSA) is 162 Å². The van der Waals surface area contributed by atoms with E-state index in [-0.39, 0.29) is 70.7 Å². The third kappa shape index (κ3) is 20.7. The lowest BCUT2D eigenvalue weighted by Gasteiger charge is -2.30. The number of unbranched alkanes of at least 4 members (excludes halogenated alkanes) is 4. The van der Waals surface area contributed by atoms with Crippen LogP contribution in [0, 0.1) is 0 Å². The molecule has 0 rings (SSSR count). The molecule has 2 amide bonds. The minimum atomic E-state index is -1.09. The Morgan fingerprint density at radius 2 is 0.651 bits per heavy atom. The summed E-state index contributed by atoms with van der Waals surface area (Å²) in [5.74, 6) is -3.58. The van der Waals surface area contributed by atoms with Gasteiger partial charge in [0.25, 0.3) is 0 Å². The molecule has 0 fully saturated rings. The van der Waals surface area contributed by atoms with E-state index >= 15 is 0 Å².